The van der Waals surface area contributed by atoms with Crippen molar-refractivity contribution in [3.8, 4) is 0 Å². The van der Waals surface area contributed by atoms with E-state index < -0.39 is 28.5 Å². The standard InChI is InChI=1S/C31H38ClN3O4S/c1-4-6-20-33-31(37)29(21-24-14-8-7-9-15-24)34(22-26-17-10-12-18-27(26)32)30(36)23-35(40(3,38)39)28-19-13-11-16-25(28)5-2/h7-19,29H,4-6,20-23H2,1-3H3,(H,33,37)/t29-/m1/s1. The number of anilines is 1. The van der Waals surface area contributed by atoms with Crippen molar-refractivity contribution in [3.05, 3.63) is 101 Å². The topological polar surface area (TPSA) is 86.8 Å². The Morgan fingerprint density at radius 2 is 1.52 bits per heavy atom. The molecule has 0 spiro atoms. The molecule has 0 aliphatic rings. The van der Waals surface area contributed by atoms with Gasteiger partial charge in [0.05, 0.1) is 11.9 Å². The first kappa shape index (κ1) is 31.2. The van der Waals surface area contributed by atoms with Crippen LogP contribution in [0.1, 0.15) is 43.4 Å². The fourth-order valence-corrected chi connectivity index (χ4v) is 5.59. The molecule has 0 heterocycles. The molecule has 0 unspecified atom stereocenters. The minimum absolute atomic E-state index is 0.0459. The van der Waals surface area contributed by atoms with Crippen molar-refractivity contribution in [1.82, 2.24) is 10.2 Å². The molecule has 7 nitrogen and oxygen atoms in total. The molecular formula is C31H38ClN3O4S. The highest BCUT2D eigenvalue weighted by Crippen LogP contribution is 2.25. The lowest BCUT2D eigenvalue weighted by Crippen LogP contribution is -2.53. The smallest absolute Gasteiger partial charge is 0.244 e. The van der Waals surface area contributed by atoms with Crippen LogP contribution in [0.15, 0.2) is 78.9 Å². The zero-order valence-electron chi connectivity index (χ0n) is 23.3. The van der Waals surface area contributed by atoms with Crippen LogP contribution < -0.4 is 9.62 Å². The average Bonchev–Trinajstić information content (AvgIpc) is 2.94. The fraction of sp³-hybridized carbons (Fsp3) is 0.355. The van der Waals surface area contributed by atoms with Gasteiger partial charge < -0.3 is 10.2 Å². The molecule has 1 atom stereocenters. The first-order chi connectivity index (χ1) is 19.2. The largest absolute Gasteiger partial charge is 0.354 e. The average molecular weight is 584 g/mol. The Balaban J connectivity index is 2.06. The van der Waals surface area contributed by atoms with Crippen LogP contribution in [0.25, 0.3) is 0 Å². The number of unbranched alkanes of at least 4 members (excludes halogenated alkanes) is 1. The summed E-state index contributed by atoms with van der Waals surface area (Å²) in [5.41, 5.74) is 2.80. The second-order valence-corrected chi connectivity index (χ2v) is 12.0. The minimum Gasteiger partial charge on any atom is -0.354 e. The summed E-state index contributed by atoms with van der Waals surface area (Å²) in [6.45, 7) is 4.04. The Kier molecular flexibility index (Phi) is 11.6. The molecule has 1 N–H and O–H groups in total. The predicted octanol–water partition coefficient (Wildman–Crippen LogP) is 5.22. The highest BCUT2D eigenvalue weighted by atomic mass is 35.5. The summed E-state index contributed by atoms with van der Waals surface area (Å²) >= 11 is 6.49. The van der Waals surface area contributed by atoms with E-state index in [-0.39, 0.29) is 18.9 Å². The van der Waals surface area contributed by atoms with Gasteiger partial charge in [-0.15, -0.1) is 0 Å². The Morgan fingerprint density at radius 1 is 0.900 bits per heavy atom. The zero-order chi connectivity index (χ0) is 29.1. The minimum atomic E-state index is -3.82. The number of rotatable bonds is 14. The van der Waals surface area contributed by atoms with Gasteiger partial charge >= 0.3 is 0 Å². The van der Waals surface area contributed by atoms with Crippen LogP contribution in [0.2, 0.25) is 5.02 Å². The Hall–Kier alpha value is -3.36. The number of nitrogens with zero attached hydrogens (tertiary/aromatic N) is 2. The zero-order valence-corrected chi connectivity index (χ0v) is 24.9. The number of para-hydroxylation sites is 1. The van der Waals surface area contributed by atoms with E-state index in [9.17, 15) is 18.0 Å². The van der Waals surface area contributed by atoms with Crippen LogP contribution in [0.5, 0.6) is 0 Å². The summed E-state index contributed by atoms with van der Waals surface area (Å²) in [7, 11) is -3.82. The molecule has 0 aliphatic heterocycles. The van der Waals surface area contributed by atoms with E-state index in [0.29, 0.717) is 29.2 Å². The van der Waals surface area contributed by atoms with Gasteiger partial charge in [0, 0.05) is 24.5 Å². The molecule has 0 aliphatic carbocycles. The molecule has 3 rings (SSSR count). The third-order valence-electron chi connectivity index (χ3n) is 6.72. The highest BCUT2D eigenvalue weighted by molar-refractivity contribution is 7.92. The van der Waals surface area contributed by atoms with Gasteiger partial charge in [-0.1, -0.05) is 98.6 Å². The summed E-state index contributed by atoms with van der Waals surface area (Å²) < 4.78 is 27.1. The van der Waals surface area contributed by atoms with E-state index in [1.54, 1.807) is 30.3 Å². The molecule has 0 fully saturated rings. The number of carbonyl (C=O) groups is 2. The lowest BCUT2D eigenvalue weighted by Gasteiger charge is -2.34. The molecule has 2 amide bonds. The predicted molar refractivity (Wildman–Crippen MR) is 162 cm³/mol. The fourth-order valence-electron chi connectivity index (χ4n) is 4.52. The van der Waals surface area contributed by atoms with Gasteiger partial charge in [-0.3, -0.25) is 13.9 Å². The number of sulfonamides is 1. The first-order valence-electron chi connectivity index (χ1n) is 13.6. The van der Waals surface area contributed by atoms with Crippen molar-refractivity contribution >= 4 is 39.1 Å². The van der Waals surface area contributed by atoms with E-state index in [1.165, 1.54) is 4.90 Å². The Bertz CT molecular complexity index is 1380. The van der Waals surface area contributed by atoms with Crippen LogP contribution in [0, 0.1) is 0 Å². The number of nitrogens with one attached hydrogen (secondary N) is 1. The van der Waals surface area contributed by atoms with E-state index >= 15 is 0 Å². The molecular weight excluding hydrogens is 546 g/mol. The molecule has 40 heavy (non-hydrogen) atoms. The van der Waals surface area contributed by atoms with Crippen LogP contribution in [-0.4, -0.2) is 50.5 Å². The monoisotopic (exact) mass is 583 g/mol. The lowest BCUT2D eigenvalue weighted by molar-refractivity contribution is -0.140. The number of carbonyl (C=O) groups excluding carboxylic acids is 2. The maximum atomic E-state index is 14.2. The van der Waals surface area contributed by atoms with Crippen molar-refractivity contribution in [2.24, 2.45) is 0 Å². The number of hydrogen-bond donors (Lipinski definition) is 1. The van der Waals surface area contributed by atoms with Crippen molar-refractivity contribution < 1.29 is 18.0 Å². The number of hydrogen-bond acceptors (Lipinski definition) is 4. The van der Waals surface area contributed by atoms with Crippen LogP contribution in [0.3, 0.4) is 0 Å². The Morgan fingerprint density at radius 3 is 2.15 bits per heavy atom. The normalized spacial score (nSPS) is 12.0. The highest BCUT2D eigenvalue weighted by Gasteiger charge is 2.33. The lowest BCUT2D eigenvalue weighted by atomic mass is 10.0. The van der Waals surface area contributed by atoms with Gasteiger partial charge in [0.2, 0.25) is 21.8 Å². The molecule has 0 radical (unpaired) electrons. The molecule has 214 valence electrons. The summed E-state index contributed by atoms with van der Waals surface area (Å²) in [6.07, 6.45) is 3.66. The van der Waals surface area contributed by atoms with E-state index in [2.05, 4.69) is 5.32 Å². The molecule has 0 bridgehead atoms. The second-order valence-electron chi connectivity index (χ2n) is 9.72. The second kappa shape index (κ2) is 14.9. The summed E-state index contributed by atoms with van der Waals surface area (Å²) in [5, 5.41) is 3.44. The maximum Gasteiger partial charge on any atom is 0.244 e. The first-order valence-corrected chi connectivity index (χ1v) is 15.8. The van der Waals surface area contributed by atoms with Crippen molar-refractivity contribution in [1.29, 1.82) is 0 Å². The van der Waals surface area contributed by atoms with Crippen LogP contribution in [0.4, 0.5) is 5.69 Å². The molecule has 0 aromatic heterocycles. The van der Waals surface area contributed by atoms with Crippen LogP contribution in [-0.2, 0) is 39.0 Å². The molecule has 3 aromatic carbocycles. The number of halogens is 1. The van der Waals surface area contributed by atoms with Crippen molar-refractivity contribution in [3.63, 3.8) is 0 Å². The number of amides is 2. The van der Waals surface area contributed by atoms with E-state index in [1.807, 2.05) is 62.4 Å². The molecule has 0 saturated heterocycles. The number of benzene rings is 3. The van der Waals surface area contributed by atoms with E-state index in [0.717, 1.165) is 34.5 Å². The van der Waals surface area contributed by atoms with Gasteiger partial charge in [0.25, 0.3) is 0 Å². The van der Waals surface area contributed by atoms with Gasteiger partial charge in [0.1, 0.15) is 12.6 Å². The quantitative estimate of drug-likeness (QED) is 0.263. The van der Waals surface area contributed by atoms with Gasteiger partial charge in [-0.25, -0.2) is 8.42 Å². The Labute approximate surface area is 243 Å². The molecule has 9 heteroatoms. The van der Waals surface area contributed by atoms with Crippen molar-refractivity contribution in [2.75, 3.05) is 23.7 Å². The van der Waals surface area contributed by atoms with E-state index in [4.69, 9.17) is 11.6 Å². The van der Waals surface area contributed by atoms with Crippen LogP contribution >= 0.6 is 11.6 Å². The van der Waals surface area contributed by atoms with Gasteiger partial charge in [-0.2, -0.15) is 0 Å². The summed E-state index contributed by atoms with van der Waals surface area (Å²) in [5.74, 6) is -0.791. The third kappa shape index (κ3) is 8.57. The maximum absolute atomic E-state index is 14.2. The summed E-state index contributed by atoms with van der Waals surface area (Å²) in [6, 6.07) is 22.9. The molecule has 0 saturated carbocycles. The summed E-state index contributed by atoms with van der Waals surface area (Å²) in [4.78, 5) is 29.2. The van der Waals surface area contributed by atoms with Gasteiger partial charge in [-0.05, 0) is 41.7 Å². The third-order valence-corrected chi connectivity index (χ3v) is 8.21. The molecule has 3 aromatic rings. The van der Waals surface area contributed by atoms with Crippen molar-refractivity contribution in [2.45, 2.75) is 52.1 Å². The SMILES string of the molecule is CCCCNC(=O)[C@@H](Cc1ccccc1)N(Cc1ccccc1Cl)C(=O)CN(c1ccccc1CC)S(C)(=O)=O. The van der Waals surface area contributed by atoms with Gasteiger partial charge in [0.15, 0.2) is 0 Å². The number of aryl methyl sites for hydroxylation is 1.